The van der Waals surface area contributed by atoms with Gasteiger partial charge in [0.2, 0.25) is 0 Å². The number of anilines is 1. The van der Waals surface area contributed by atoms with E-state index in [4.69, 9.17) is 38.7 Å². The predicted octanol–water partition coefficient (Wildman–Crippen LogP) is 5.80. The molecule has 4 rings (SSSR count). The molecular formula is C21H19Cl2N3O2. The number of aromatic nitrogens is 2. The Labute approximate surface area is 172 Å². The molecular weight excluding hydrogens is 397 g/mol. The third-order valence-corrected chi connectivity index (χ3v) is 5.54. The van der Waals surface area contributed by atoms with E-state index in [0.29, 0.717) is 44.3 Å². The number of nitrogens with two attached hydrogens (primary N) is 1. The molecule has 0 unspecified atom stereocenters. The van der Waals surface area contributed by atoms with Crippen molar-refractivity contribution in [2.45, 2.75) is 26.7 Å². The Hall–Kier alpha value is -2.50. The number of pyridine rings is 1. The van der Waals surface area contributed by atoms with E-state index in [-0.39, 0.29) is 5.82 Å². The van der Waals surface area contributed by atoms with Gasteiger partial charge in [0.05, 0.1) is 27.7 Å². The maximum Gasteiger partial charge on any atom is 0.342 e. The van der Waals surface area contributed by atoms with Crippen molar-refractivity contribution in [1.82, 2.24) is 9.38 Å². The van der Waals surface area contributed by atoms with Gasteiger partial charge in [0.1, 0.15) is 17.0 Å². The maximum absolute atomic E-state index is 12.9. The number of fused-ring (bicyclic) bond motifs is 5. The van der Waals surface area contributed by atoms with Crippen LogP contribution < -0.4 is 5.73 Å². The topological polar surface area (TPSA) is 69.6 Å². The van der Waals surface area contributed by atoms with Crippen molar-refractivity contribution in [2.75, 3.05) is 12.3 Å². The van der Waals surface area contributed by atoms with Gasteiger partial charge in [-0.1, -0.05) is 54.2 Å². The molecule has 4 aromatic rings. The number of carbonyl (C=O) groups excluding carboxylic acids is 1. The number of ether oxygens (including phenoxy) is 1. The number of esters is 1. The molecule has 5 nitrogen and oxygen atoms in total. The lowest BCUT2D eigenvalue weighted by Crippen LogP contribution is -2.13. The van der Waals surface area contributed by atoms with E-state index in [1.54, 1.807) is 16.5 Å². The van der Waals surface area contributed by atoms with Gasteiger partial charge in [0, 0.05) is 10.8 Å². The van der Waals surface area contributed by atoms with Crippen molar-refractivity contribution in [3.63, 3.8) is 0 Å². The first-order valence-corrected chi connectivity index (χ1v) is 9.84. The molecule has 0 saturated carbocycles. The van der Waals surface area contributed by atoms with Crippen LogP contribution >= 0.6 is 23.2 Å². The zero-order valence-corrected chi connectivity index (χ0v) is 17.1. The molecule has 0 radical (unpaired) electrons. The molecule has 0 aliphatic carbocycles. The van der Waals surface area contributed by atoms with Crippen LogP contribution in [0.2, 0.25) is 10.0 Å². The number of benzene rings is 2. The van der Waals surface area contributed by atoms with Crippen LogP contribution in [0.3, 0.4) is 0 Å². The van der Waals surface area contributed by atoms with E-state index in [0.717, 1.165) is 23.8 Å². The zero-order valence-electron chi connectivity index (χ0n) is 15.6. The van der Waals surface area contributed by atoms with Gasteiger partial charge >= 0.3 is 5.97 Å². The van der Waals surface area contributed by atoms with Gasteiger partial charge in [0.15, 0.2) is 0 Å². The van der Waals surface area contributed by atoms with E-state index in [1.165, 1.54) is 0 Å². The molecule has 144 valence electrons. The average Bonchev–Trinajstić information content (AvgIpc) is 3.02. The summed E-state index contributed by atoms with van der Waals surface area (Å²) in [5.41, 5.74) is 9.85. The first kappa shape index (κ1) is 18.8. The highest BCUT2D eigenvalue weighted by Gasteiger charge is 2.22. The summed E-state index contributed by atoms with van der Waals surface area (Å²) in [6.45, 7) is 4.38. The van der Waals surface area contributed by atoms with Gasteiger partial charge in [-0.05, 0) is 31.5 Å². The summed E-state index contributed by atoms with van der Waals surface area (Å²) in [7, 11) is 0. The summed E-state index contributed by atoms with van der Waals surface area (Å²) < 4.78 is 7.21. The van der Waals surface area contributed by atoms with Crippen LogP contribution in [0.4, 0.5) is 5.82 Å². The second-order valence-corrected chi connectivity index (χ2v) is 7.64. The molecule has 0 spiro atoms. The van der Waals surface area contributed by atoms with Crippen LogP contribution in [0, 0.1) is 6.92 Å². The fourth-order valence-corrected chi connectivity index (χ4v) is 3.72. The SMILES string of the molecule is CCCCOC(=O)c1c(N)n2c3cc(Cl)c(Cl)cc3nc2c2cc(C)ccc12. The Balaban J connectivity index is 2.10. The van der Waals surface area contributed by atoms with Crippen molar-refractivity contribution in [3.05, 3.63) is 51.5 Å². The highest BCUT2D eigenvalue weighted by Crippen LogP contribution is 2.35. The largest absolute Gasteiger partial charge is 0.462 e. The molecule has 2 aromatic carbocycles. The Morgan fingerprint density at radius 3 is 2.68 bits per heavy atom. The summed E-state index contributed by atoms with van der Waals surface area (Å²) in [5.74, 6) is -0.169. The predicted molar refractivity (Wildman–Crippen MR) is 115 cm³/mol. The molecule has 0 saturated heterocycles. The van der Waals surface area contributed by atoms with Crippen LogP contribution in [0.1, 0.15) is 35.7 Å². The Bertz CT molecular complexity index is 1250. The van der Waals surface area contributed by atoms with Crippen LogP contribution in [0.5, 0.6) is 0 Å². The number of rotatable bonds is 4. The summed E-state index contributed by atoms with van der Waals surface area (Å²) in [6.07, 6.45) is 1.74. The number of nitrogens with zero attached hydrogens (tertiary/aromatic N) is 2. The molecule has 0 atom stereocenters. The zero-order chi connectivity index (χ0) is 20.0. The number of aryl methyl sites for hydroxylation is 1. The number of halogens is 2. The molecule has 0 bridgehead atoms. The molecule has 0 aliphatic heterocycles. The van der Waals surface area contributed by atoms with Gasteiger partial charge in [-0.15, -0.1) is 0 Å². The Kier molecular flexibility index (Phi) is 4.81. The molecule has 2 aromatic heterocycles. The average molecular weight is 416 g/mol. The van der Waals surface area contributed by atoms with Crippen LogP contribution in [-0.2, 0) is 4.74 Å². The highest BCUT2D eigenvalue weighted by atomic mass is 35.5. The first-order valence-electron chi connectivity index (χ1n) is 9.08. The number of unbranched alkanes of at least 4 members (excludes halogenated alkanes) is 1. The quantitative estimate of drug-likeness (QED) is 0.338. The minimum Gasteiger partial charge on any atom is -0.462 e. The fraction of sp³-hybridized carbons (Fsp3) is 0.238. The molecule has 0 aliphatic rings. The van der Waals surface area contributed by atoms with Gasteiger partial charge in [-0.3, -0.25) is 4.40 Å². The normalized spacial score (nSPS) is 11.6. The van der Waals surface area contributed by atoms with Crippen molar-refractivity contribution in [1.29, 1.82) is 0 Å². The van der Waals surface area contributed by atoms with Crippen molar-refractivity contribution in [3.8, 4) is 0 Å². The van der Waals surface area contributed by atoms with E-state index < -0.39 is 5.97 Å². The van der Waals surface area contributed by atoms with Gasteiger partial charge in [0.25, 0.3) is 0 Å². The Morgan fingerprint density at radius 2 is 1.93 bits per heavy atom. The van der Waals surface area contributed by atoms with E-state index >= 15 is 0 Å². The lowest BCUT2D eigenvalue weighted by molar-refractivity contribution is 0.0503. The summed E-state index contributed by atoms with van der Waals surface area (Å²) in [6, 6.07) is 9.23. The molecule has 7 heteroatoms. The third kappa shape index (κ3) is 2.95. The fourth-order valence-electron chi connectivity index (χ4n) is 3.40. The lowest BCUT2D eigenvalue weighted by atomic mass is 10.0. The second-order valence-electron chi connectivity index (χ2n) is 6.82. The number of imidazole rings is 1. The highest BCUT2D eigenvalue weighted by molar-refractivity contribution is 6.42. The monoisotopic (exact) mass is 415 g/mol. The van der Waals surface area contributed by atoms with E-state index in [9.17, 15) is 4.79 Å². The third-order valence-electron chi connectivity index (χ3n) is 4.81. The van der Waals surface area contributed by atoms with Crippen LogP contribution in [0.15, 0.2) is 30.3 Å². The molecule has 0 fully saturated rings. The number of hydrogen-bond acceptors (Lipinski definition) is 4. The molecule has 2 N–H and O–H groups in total. The molecule has 2 heterocycles. The van der Waals surface area contributed by atoms with Gasteiger partial charge in [-0.2, -0.15) is 0 Å². The summed E-state index contributed by atoms with van der Waals surface area (Å²) in [4.78, 5) is 17.6. The number of hydrogen-bond donors (Lipinski definition) is 1. The lowest BCUT2D eigenvalue weighted by Gasteiger charge is -2.13. The van der Waals surface area contributed by atoms with Crippen molar-refractivity contribution < 1.29 is 9.53 Å². The summed E-state index contributed by atoms with van der Waals surface area (Å²) >= 11 is 12.4. The maximum atomic E-state index is 12.9. The van der Waals surface area contributed by atoms with Crippen molar-refractivity contribution in [2.24, 2.45) is 0 Å². The minimum atomic E-state index is -0.441. The number of nitrogen functional groups attached to an aromatic ring is 1. The first-order chi connectivity index (χ1) is 13.4. The standard InChI is InChI=1S/C21H19Cl2N3O2/c1-3-4-7-28-21(27)18-12-6-5-11(2)8-13(12)20-25-16-9-14(22)15(23)10-17(16)26(20)19(18)24/h5-6,8-10H,3-4,7,24H2,1-2H3. The van der Waals surface area contributed by atoms with Crippen molar-refractivity contribution >= 4 is 62.4 Å². The smallest absolute Gasteiger partial charge is 0.342 e. The number of carbonyl (C=O) groups is 1. The van der Waals surface area contributed by atoms with Gasteiger partial charge in [-0.25, -0.2) is 9.78 Å². The molecule has 28 heavy (non-hydrogen) atoms. The van der Waals surface area contributed by atoms with Crippen LogP contribution in [0.25, 0.3) is 27.5 Å². The second kappa shape index (κ2) is 7.15. The van der Waals surface area contributed by atoms with Crippen LogP contribution in [-0.4, -0.2) is 22.0 Å². The van der Waals surface area contributed by atoms with E-state index in [1.807, 2.05) is 32.0 Å². The van der Waals surface area contributed by atoms with Gasteiger partial charge < -0.3 is 10.5 Å². The van der Waals surface area contributed by atoms with E-state index in [2.05, 4.69) is 0 Å². The Morgan fingerprint density at radius 1 is 1.18 bits per heavy atom. The molecule has 0 amide bonds. The minimum absolute atomic E-state index is 0.272. The summed E-state index contributed by atoms with van der Waals surface area (Å²) in [5, 5.41) is 2.34.